The van der Waals surface area contributed by atoms with E-state index >= 15 is 0 Å². The van der Waals surface area contributed by atoms with Crippen molar-refractivity contribution in [3.05, 3.63) is 58.7 Å². The summed E-state index contributed by atoms with van der Waals surface area (Å²) in [4.78, 5) is 13.2. The van der Waals surface area contributed by atoms with Crippen molar-refractivity contribution >= 4 is 17.9 Å². The Hall–Kier alpha value is -3.21. The van der Waals surface area contributed by atoms with Crippen molar-refractivity contribution in [2.45, 2.75) is 59.2 Å². The van der Waals surface area contributed by atoms with Gasteiger partial charge in [0.15, 0.2) is 28.8 Å². The van der Waals surface area contributed by atoms with Gasteiger partial charge in [0.05, 0.1) is 26.4 Å². The van der Waals surface area contributed by atoms with E-state index in [-0.39, 0.29) is 18.0 Å². The molecule has 0 spiro atoms. The van der Waals surface area contributed by atoms with Crippen molar-refractivity contribution in [3.8, 4) is 23.0 Å². The van der Waals surface area contributed by atoms with E-state index in [1.807, 2.05) is 76.2 Å². The van der Waals surface area contributed by atoms with Crippen LogP contribution in [-0.4, -0.2) is 32.2 Å². The zero-order chi connectivity index (χ0) is 24.0. The van der Waals surface area contributed by atoms with Crippen LogP contribution in [0.5, 0.6) is 23.0 Å². The van der Waals surface area contributed by atoms with Crippen LogP contribution in [0, 0.1) is 0 Å². The summed E-state index contributed by atoms with van der Waals surface area (Å²) >= 11 is 0. The van der Waals surface area contributed by atoms with Crippen LogP contribution in [-0.2, 0) is 4.79 Å². The summed E-state index contributed by atoms with van der Waals surface area (Å²) in [6, 6.07) is 11.5. The molecule has 0 amide bonds. The lowest BCUT2D eigenvalue weighted by molar-refractivity contribution is -0.112. The molecule has 33 heavy (non-hydrogen) atoms. The van der Waals surface area contributed by atoms with Gasteiger partial charge in [0, 0.05) is 11.1 Å². The molecule has 5 heteroatoms. The zero-order valence-corrected chi connectivity index (χ0v) is 20.4. The van der Waals surface area contributed by atoms with Gasteiger partial charge >= 0.3 is 0 Å². The summed E-state index contributed by atoms with van der Waals surface area (Å²) in [6.45, 7) is 7.91. The fourth-order valence-corrected chi connectivity index (χ4v) is 3.83. The molecule has 176 valence electrons. The SMILES string of the molecule is COc1cc(/C=C2/CCC/C(=C/c3ccc(OC(C)C)c(OC)c3)C2=O)ccc1OC(C)C. The maximum Gasteiger partial charge on any atom is 0.185 e. The molecule has 1 saturated carbocycles. The van der Waals surface area contributed by atoms with Gasteiger partial charge in [0.1, 0.15) is 0 Å². The first kappa shape index (κ1) is 24.4. The Morgan fingerprint density at radius 2 is 1.12 bits per heavy atom. The highest BCUT2D eigenvalue weighted by atomic mass is 16.5. The number of ketones is 1. The fourth-order valence-electron chi connectivity index (χ4n) is 3.83. The van der Waals surface area contributed by atoms with Crippen LogP contribution in [0.2, 0.25) is 0 Å². The summed E-state index contributed by atoms with van der Waals surface area (Å²) in [5, 5.41) is 0. The van der Waals surface area contributed by atoms with Gasteiger partial charge in [0.2, 0.25) is 0 Å². The summed E-state index contributed by atoms with van der Waals surface area (Å²) < 4.78 is 22.6. The average Bonchev–Trinajstić information content (AvgIpc) is 2.77. The van der Waals surface area contributed by atoms with Crippen molar-refractivity contribution in [3.63, 3.8) is 0 Å². The van der Waals surface area contributed by atoms with Gasteiger partial charge < -0.3 is 18.9 Å². The van der Waals surface area contributed by atoms with Crippen molar-refractivity contribution in [2.24, 2.45) is 0 Å². The minimum atomic E-state index is 0.0559. The molecule has 1 aliphatic carbocycles. The predicted molar refractivity (Wildman–Crippen MR) is 132 cm³/mol. The molecule has 0 saturated heterocycles. The van der Waals surface area contributed by atoms with E-state index in [2.05, 4.69) is 0 Å². The lowest BCUT2D eigenvalue weighted by Gasteiger charge is -2.18. The molecule has 5 nitrogen and oxygen atoms in total. The quantitative estimate of drug-likeness (QED) is 0.430. The first-order valence-electron chi connectivity index (χ1n) is 11.5. The highest BCUT2D eigenvalue weighted by molar-refractivity contribution is 6.14. The van der Waals surface area contributed by atoms with Gasteiger partial charge in [-0.25, -0.2) is 0 Å². The van der Waals surface area contributed by atoms with Crippen LogP contribution >= 0.6 is 0 Å². The van der Waals surface area contributed by atoms with Crippen LogP contribution in [0.25, 0.3) is 12.2 Å². The average molecular weight is 451 g/mol. The van der Waals surface area contributed by atoms with E-state index in [1.54, 1.807) is 14.2 Å². The van der Waals surface area contributed by atoms with Crippen molar-refractivity contribution in [1.82, 2.24) is 0 Å². The first-order chi connectivity index (χ1) is 15.8. The second-order valence-corrected chi connectivity index (χ2v) is 8.68. The number of allylic oxidation sites excluding steroid dienone is 2. The summed E-state index contributed by atoms with van der Waals surface area (Å²) in [6.07, 6.45) is 6.47. The van der Waals surface area contributed by atoms with Crippen LogP contribution in [0.4, 0.5) is 0 Å². The second kappa shape index (κ2) is 11.1. The molecule has 0 aliphatic heterocycles. The number of Topliss-reactive ketones (excluding diaryl/α,β-unsaturated/α-hetero) is 1. The van der Waals surface area contributed by atoms with Crippen LogP contribution < -0.4 is 18.9 Å². The van der Waals surface area contributed by atoms with E-state index in [9.17, 15) is 4.79 Å². The number of hydrogen-bond donors (Lipinski definition) is 0. The highest BCUT2D eigenvalue weighted by Gasteiger charge is 2.21. The standard InChI is InChI=1S/C28H34O5/c1-18(2)32-24-12-10-20(16-26(24)30-5)14-22-8-7-9-23(28(22)29)15-21-11-13-25(33-19(3)4)27(17-21)31-6/h10-19H,7-9H2,1-6H3/b22-14-,23-15-. The van der Waals surface area contributed by atoms with Gasteiger partial charge in [-0.3, -0.25) is 4.79 Å². The Labute approximate surface area is 197 Å². The lowest BCUT2D eigenvalue weighted by atomic mass is 9.87. The minimum Gasteiger partial charge on any atom is -0.493 e. The van der Waals surface area contributed by atoms with Crippen molar-refractivity contribution < 1.29 is 23.7 Å². The molecule has 2 aromatic rings. The number of methoxy groups -OCH3 is 2. The summed E-state index contributed by atoms with van der Waals surface area (Å²) in [7, 11) is 3.25. The third-order valence-corrected chi connectivity index (χ3v) is 5.26. The number of benzene rings is 2. The molecule has 1 fully saturated rings. The van der Waals surface area contributed by atoms with Crippen molar-refractivity contribution in [1.29, 1.82) is 0 Å². The number of rotatable bonds is 8. The monoisotopic (exact) mass is 450 g/mol. The third-order valence-electron chi connectivity index (χ3n) is 5.26. The molecular weight excluding hydrogens is 416 g/mol. The van der Waals surface area contributed by atoms with Crippen LogP contribution in [0.15, 0.2) is 47.5 Å². The normalized spacial score (nSPS) is 16.5. The minimum absolute atomic E-state index is 0.0559. The topological polar surface area (TPSA) is 54.0 Å². The Bertz CT molecular complexity index is 965. The van der Waals surface area contributed by atoms with E-state index in [0.717, 1.165) is 41.5 Å². The molecule has 1 aliphatic rings. The van der Waals surface area contributed by atoms with Crippen molar-refractivity contribution in [2.75, 3.05) is 14.2 Å². The summed E-state index contributed by atoms with van der Waals surface area (Å²) in [5.74, 6) is 2.80. The molecule has 0 atom stereocenters. The summed E-state index contributed by atoms with van der Waals surface area (Å²) in [5.41, 5.74) is 3.45. The van der Waals surface area contributed by atoms with E-state index in [4.69, 9.17) is 18.9 Å². The molecule has 2 aromatic carbocycles. The maximum atomic E-state index is 13.2. The van der Waals surface area contributed by atoms with E-state index in [0.29, 0.717) is 23.0 Å². The zero-order valence-electron chi connectivity index (χ0n) is 20.4. The molecule has 0 N–H and O–H groups in total. The smallest absolute Gasteiger partial charge is 0.185 e. The highest BCUT2D eigenvalue weighted by Crippen LogP contribution is 2.34. The predicted octanol–water partition coefficient (Wildman–Crippen LogP) is 6.50. The van der Waals surface area contributed by atoms with Crippen LogP contribution in [0.1, 0.15) is 58.1 Å². The molecule has 0 aromatic heterocycles. The van der Waals surface area contributed by atoms with Gasteiger partial charge in [0.25, 0.3) is 0 Å². The number of ether oxygens (including phenoxy) is 4. The largest absolute Gasteiger partial charge is 0.493 e. The molecule has 0 bridgehead atoms. The Morgan fingerprint density at radius 1 is 0.697 bits per heavy atom. The van der Waals surface area contributed by atoms with Crippen LogP contribution in [0.3, 0.4) is 0 Å². The Balaban J connectivity index is 1.85. The Morgan fingerprint density at radius 3 is 1.48 bits per heavy atom. The number of carbonyl (C=O) groups is 1. The molecule has 0 unspecified atom stereocenters. The van der Waals surface area contributed by atoms with E-state index in [1.165, 1.54) is 0 Å². The number of carbonyl (C=O) groups excluding carboxylic acids is 1. The molecule has 3 rings (SSSR count). The second-order valence-electron chi connectivity index (χ2n) is 8.68. The molecule has 0 heterocycles. The van der Waals surface area contributed by atoms with Gasteiger partial charge in [-0.15, -0.1) is 0 Å². The first-order valence-corrected chi connectivity index (χ1v) is 11.5. The van der Waals surface area contributed by atoms with Gasteiger partial charge in [-0.1, -0.05) is 12.1 Å². The third kappa shape index (κ3) is 6.41. The Kier molecular flexibility index (Phi) is 8.21. The molecular formula is C28H34O5. The van der Waals surface area contributed by atoms with Gasteiger partial charge in [-0.2, -0.15) is 0 Å². The lowest BCUT2D eigenvalue weighted by Crippen LogP contribution is -2.12. The maximum absolute atomic E-state index is 13.2. The molecule has 0 radical (unpaired) electrons. The van der Waals surface area contributed by atoms with Gasteiger partial charge in [-0.05, 0) is 94.5 Å². The fraction of sp³-hybridized carbons (Fsp3) is 0.393. The van der Waals surface area contributed by atoms with E-state index < -0.39 is 0 Å². The number of hydrogen-bond acceptors (Lipinski definition) is 5.